The third kappa shape index (κ3) is 5.58. The van der Waals surface area contributed by atoms with Gasteiger partial charge in [-0.05, 0) is 63.1 Å². The largest absolute Gasteiger partial charge is 0.494 e. The summed E-state index contributed by atoms with van der Waals surface area (Å²) < 4.78 is 5.39. The molecule has 2 amide bonds. The van der Waals surface area contributed by atoms with Crippen LogP contribution in [0.4, 0.5) is 11.4 Å². The highest BCUT2D eigenvalue weighted by atomic mass is 16.5. The molecule has 0 radical (unpaired) electrons. The van der Waals surface area contributed by atoms with Gasteiger partial charge in [0.25, 0.3) is 0 Å². The summed E-state index contributed by atoms with van der Waals surface area (Å²) in [7, 11) is 0. The highest BCUT2D eigenvalue weighted by Crippen LogP contribution is 2.27. The Bertz CT molecular complexity index is 790. The standard InChI is InChI=1S/C22H28N2O3/c1-6-27-20-9-7-19(8-10-20)23-21(26)11-12-24(18(5)25)22-16(3)13-15(2)14-17(22)4/h7-10,13-14H,6,11-12H2,1-5H3,(H,23,26). The van der Waals surface area contributed by atoms with E-state index < -0.39 is 0 Å². The molecule has 0 spiro atoms. The summed E-state index contributed by atoms with van der Waals surface area (Å²) in [5.41, 5.74) is 4.83. The number of aryl methyl sites for hydroxylation is 3. The number of rotatable bonds is 7. The molecule has 1 N–H and O–H groups in total. The first kappa shape index (κ1) is 20.5. The van der Waals surface area contributed by atoms with Crippen molar-refractivity contribution in [2.75, 3.05) is 23.4 Å². The molecule has 144 valence electrons. The van der Waals surface area contributed by atoms with Crippen molar-refractivity contribution in [2.45, 2.75) is 41.0 Å². The smallest absolute Gasteiger partial charge is 0.226 e. The molecule has 0 unspecified atom stereocenters. The predicted octanol–water partition coefficient (Wildman–Crippen LogP) is 4.39. The minimum Gasteiger partial charge on any atom is -0.494 e. The van der Waals surface area contributed by atoms with Gasteiger partial charge in [-0.15, -0.1) is 0 Å². The molecule has 5 heteroatoms. The van der Waals surface area contributed by atoms with E-state index in [-0.39, 0.29) is 18.2 Å². The summed E-state index contributed by atoms with van der Waals surface area (Å²) in [6, 6.07) is 11.4. The van der Waals surface area contributed by atoms with E-state index in [9.17, 15) is 9.59 Å². The third-order valence-corrected chi connectivity index (χ3v) is 4.30. The second-order valence-corrected chi connectivity index (χ2v) is 6.67. The van der Waals surface area contributed by atoms with Crippen LogP contribution in [0.25, 0.3) is 0 Å². The number of carbonyl (C=O) groups excluding carboxylic acids is 2. The quantitative estimate of drug-likeness (QED) is 0.788. The van der Waals surface area contributed by atoms with Gasteiger partial charge in [-0.3, -0.25) is 9.59 Å². The van der Waals surface area contributed by atoms with Gasteiger partial charge in [0.05, 0.1) is 6.61 Å². The van der Waals surface area contributed by atoms with Gasteiger partial charge in [-0.1, -0.05) is 17.7 Å². The summed E-state index contributed by atoms with van der Waals surface area (Å²) in [6.07, 6.45) is 0.222. The Hall–Kier alpha value is -2.82. The minimum atomic E-state index is -0.132. The Balaban J connectivity index is 2.04. The van der Waals surface area contributed by atoms with Crippen LogP contribution in [0.3, 0.4) is 0 Å². The maximum atomic E-state index is 12.3. The topological polar surface area (TPSA) is 58.6 Å². The Kier molecular flexibility index (Phi) is 6.99. The minimum absolute atomic E-state index is 0.0704. The number of amides is 2. The second-order valence-electron chi connectivity index (χ2n) is 6.67. The summed E-state index contributed by atoms with van der Waals surface area (Å²) in [6.45, 7) is 10.4. The highest BCUT2D eigenvalue weighted by Gasteiger charge is 2.18. The normalized spacial score (nSPS) is 10.4. The average Bonchev–Trinajstić information content (AvgIpc) is 2.58. The molecule has 0 heterocycles. The van der Waals surface area contributed by atoms with Crippen molar-refractivity contribution in [3.05, 3.63) is 53.1 Å². The van der Waals surface area contributed by atoms with Crippen LogP contribution in [0.1, 0.15) is 37.0 Å². The van der Waals surface area contributed by atoms with Crippen LogP contribution in [-0.4, -0.2) is 25.0 Å². The molecule has 0 aliphatic rings. The number of nitrogens with zero attached hydrogens (tertiary/aromatic N) is 1. The van der Waals surface area contributed by atoms with E-state index in [4.69, 9.17) is 4.74 Å². The SMILES string of the molecule is CCOc1ccc(NC(=O)CCN(C(C)=O)c2c(C)cc(C)cc2C)cc1. The fraction of sp³-hybridized carbons (Fsp3) is 0.364. The van der Waals surface area contributed by atoms with Gasteiger partial charge in [-0.25, -0.2) is 0 Å². The molecule has 5 nitrogen and oxygen atoms in total. The van der Waals surface area contributed by atoms with Crippen LogP contribution in [0.2, 0.25) is 0 Å². The zero-order valence-electron chi connectivity index (χ0n) is 16.8. The first-order valence-electron chi connectivity index (χ1n) is 9.20. The van der Waals surface area contributed by atoms with Crippen LogP contribution >= 0.6 is 0 Å². The van der Waals surface area contributed by atoms with Crippen LogP contribution in [0.15, 0.2) is 36.4 Å². The molecule has 0 atom stereocenters. The van der Waals surface area contributed by atoms with E-state index in [1.54, 1.807) is 17.0 Å². The second kappa shape index (κ2) is 9.21. The predicted molar refractivity (Wildman–Crippen MR) is 110 cm³/mol. The Morgan fingerprint density at radius 2 is 1.63 bits per heavy atom. The molecule has 0 saturated carbocycles. The van der Waals surface area contributed by atoms with Crippen molar-refractivity contribution in [3.8, 4) is 5.75 Å². The molecule has 0 saturated heterocycles. The summed E-state index contributed by atoms with van der Waals surface area (Å²) >= 11 is 0. The van der Waals surface area contributed by atoms with Gasteiger partial charge >= 0.3 is 0 Å². The first-order chi connectivity index (χ1) is 12.8. The van der Waals surface area contributed by atoms with Crippen LogP contribution in [0, 0.1) is 20.8 Å². The van der Waals surface area contributed by atoms with Gasteiger partial charge in [0, 0.05) is 31.3 Å². The van der Waals surface area contributed by atoms with Gasteiger partial charge in [0.2, 0.25) is 11.8 Å². The van der Waals surface area contributed by atoms with E-state index in [1.807, 2.05) is 39.8 Å². The van der Waals surface area contributed by atoms with Gasteiger partial charge in [0.1, 0.15) is 5.75 Å². The molecule has 2 rings (SSSR count). The summed E-state index contributed by atoms with van der Waals surface area (Å²) in [5, 5.41) is 2.86. The Morgan fingerprint density at radius 1 is 1.04 bits per heavy atom. The van der Waals surface area contributed by atoms with Crippen molar-refractivity contribution >= 4 is 23.2 Å². The Morgan fingerprint density at radius 3 is 2.15 bits per heavy atom. The maximum Gasteiger partial charge on any atom is 0.226 e. The third-order valence-electron chi connectivity index (χ3n) is 4.30. The fourth-order valence-electron chi connectivity index (χ4n) is 3.26. The first-order valence-corrected chi connectivity index (χ1v) is 9.20. The number of carbonyl (C=O) groups is 2. The van der Waals surface area contributed by atoms with E-state index >= 15 is 0 Å². The van der Waals surface area contributed by atoms with Crippen molar-refractivity contribution < 1.29 is 14.3 Å². The highest BCUT2D eigenvalue weighted by molar-refractivity contribution is 5.96. The van der Waals surface area contributed by atoms with E-state index in [1.165, 1.54) is 6.92 Å². The average molecular weight is 368 g/mol. The number of hydrogen-bond donors (Lipinski definition) is 1. The molecule has 2 aromatic carbocycles. The zero-order valence-corrected chi connectivity index (χ0v) is 16.8. The lowest BCUT2D eigenvalue weighted by Gasteiger charge is -2.25. The number of benzene rings is 2. The summed E-state index contributed by atoms with van der Waals surface area (Å²) in [5.74, 6) is 0.565. The lowest BCUT2D eigenvalue weighted by atomic mass is 10.0. The molecule has 0 aromatic heterocycles. The zero-order chi connectivity index (χ0) is 20.0. The molecule has 2 aromatic rings. The van der Waals surface area contributed by atoms with E-state index in [0.29, 0.717) is 18.8 Å². The lowest BCUT2D eigenvalue weighted by molar-refractivity contribution is -0.117. The van der Waals surface area contributed by atoms with Crippen molar-refractivity contribution in [1.82, 2.24) is 0 Å². The molecular weight excluding hydrogens is 340 g/mol. The number of nitrogens with one attached hydrogen (secondary N) is 1. The van der Waals surface area contributed by atoms with Crippen molar-refractivity contribution in [1.29, 1.82) is 0 Å². The molecular formula is C22H28N2O3. The van der Waals surface area contributed by atoms with E-state index in [0.717, 1.165) is 28.1 Å². The maximum absolute atomic E-state index is 12.3. The van der Waals surface area contributed by atoms with E-state index in [2.05, 4.69) is 17.4 Å². The van der Waals surface area contributed by atoms with Crippen molar-refractivity contribution in [2.24, 2.45) is 0 Å². The van der Waals surface area contributed by atoms with Gasteiger partial charge in [0.15, 0.2) is 0 Å². The molecule has 0 aliphatic carbocycles. The van der Waals surface area contributed by atoms with Gasteiger partial charge in [-0.2, -0.15) is 0 Å². The van der Waals surface area contributed by atoms with Gasteiger partial charge < -0.3 is 15.0 Å². The van der Waals surface area contributed by atoms with Crippen LogP contribution < -0.4 is 15.0 Å². The van der Waals surface area contributed by atoms with Crippen LogP contribution in [-0.2, 0) is 9.59 Å². The number of anilines is 2. The fourth-order valence-corrected chi connectivity index (χ4v) is 3.26. The summed E-state index contributed by atoms with van der Waals surface area (Å²) in [4.78, 5) is 26.2. The monoisotopic (exact) mass is 368 g/mol. The molecule has 27 heavy (non-hydrogen) atoms. The van der Waals surface area contributed by atoms with Crippen LogP contribution in [0.5, 0.6) is 5.75 Å². The Labute approximate surface area is 161 Å². The molecule has 0 bridgehead atoms. The van der Waals surface area contributed by atoms with Crippen molar-refractivity contribution in [3.63, 3.8) is 0 Å². The number of hydrogen-bond acceptors (Lipinski definition) is 3. The molecule has 0 aliphatic heterocycles. The molecule has 0 fully saturated rings. The lowest BCUT2D eigenvalue weighted by Crippen LogP contribution is -2.33. The number of ether oxygens (including phenoxy) is 1.